The van der Waals surface area contributed by atoms with Crippen LogP contribution < -0.4 is 0 Å². The predicted octanol–water partition coefficient (Wildman–Crippen LogP) is 12.4. The van der Waals surface area contributed by atoms with Gasteiger partial charge in [0.1, 0.15) is 5.82 Å². The van der Waals surface area contributed by atoms with Crippen LogP contribution in [0.15, 0.2) is 115 Å². The van der Waals surface area contributed by atoms with Gasteiger partial charge in [0.15, 0.2) is 0 Å². The average molecular weight is 604 g/mol. The molecule has 0 bridgehead atoms. The molecule has 2 heterocycles. The van der Waals surface area contributed by atoms with E-state index in [2.05, 4.69) is 117 Å². The molecule has 0 N–H and O–H groups in total. The van der Waals surface area contributed by atoms with Gasteiger partial charge < -0.3 is 0 Å². The lowest BCUT2D eigenvalue weighted by atomic mass is 9.88. The Morgan fingerprint density at radius 2 is 1.36 bits per heavy atom. The van der Waals surface area contributed by atoms with Gasteiger partial charge in [-0.05, 0) is 99.7 Å². The van der Waals surface area contributed by atoms with Crippen molar-refractivity contribution in [3.63, 3.8) is 0 Å². The van der Waals surface area contributed by atoms with E-state index in [0.717, 1.165) is 59.1 Å². The van der Waals surface area contributed by atoms with Crippen molar-refractivity contribution < 1.29 is 4.11 Å². The molecule has 2 aromatic heterocycles. The summed E-state index contributed by atoms with van der Waals surface area (Å²) in [4.78, 5) is 5.34. The zero-order valence-corrected chi connectivity index (χ0v) is 26.7. The Labute approximate surface area is 272 Å². The Kier molecular flexibility index (Phi) is 5.85. The van der Waals surface area contributed by atoms with Crippen LogP contribution in [0, 0.1) is 6.85 Å². The van der Waals surface area contributed by atoms with E-state index >= 15 is 0 Å². The first-order valence-corrected chi connectivity index (χ1v) is 16.5. The number of aryl methyl sites for hydroxylation is 1. The Balaban J connectivity index is 1.50. The van der Waals surface area contributed by atoms with E-state index < -0.39 is 6.85 Å². The van der Waals surface area contributed by atoms with E-state index in [1.54, 1.807) is 17.4 Å². The number of imidazole rings is 1. The highest BCUT2D eigenvalue weighted by Gasteiger charge is 2.25. The Bertz CT molecular complexity index is 2470. The van der Waals surface area contributed by atoms with Crippen LogP contribution in [0.25, 0.3) is 70.2 Å². The number of hydrogen-bond acceptors (Lipinski definition) is 2. The summed E-state index contributed by atoms with van der Waals surface area (Å²) >= 11 is 1.66. The summed E-state index contributed by atoms with van der Waals surface area (Å²) in [6.07, 6.45) is 0. The maximum atomic E-state index is 8.53. The summed E-state index contributed by atoms with van der Waals surface area (Å²) in [6.45, 7) is 6.78. The second-order valence-electron chi connectivity index (χ2n) is 12.6. The summed E-state index contributed by atoms with van der Waals surface area (Å²) in [6, 6.07) is 40.0. The van der Waals surface area contributed by atoms with Crippen molar-refractivity contribution in [3.8, 4) is 28.2 Å². The monoisotopic (exact) mass is 603 g/mol. The number of fused-ring (bicyclic) bond motifs is 5. The smallest absolute Gasteiger partial charge is 0.147 e. The molecule has 6 aromatic carbocycles. The molecule has 0 spiro atoms. The molecule has 0 radical (unpaired) electrons. The molecule has 0 amide bonds. The van der Waals surface area contributed by atoms with E-state index in [1.807, 2.05) is 24.3 Å². The Morgan fingerprint density at radius 3 is 2.07 bits per heavy atom. The standard InChI is InChI=1S/C42H36N2S/c1-25(2)33-22-31(28-13-7-6-8-14-28)23-34(26(3)4)40(33)44-37-18-12-11-17-36(37)43-42(44)32-20-19-27(5)39-35-21-29-15-9-10-16-30(29)24-38(35)45-41(32)39/h6-26H,1-5H3/i5D3. The molecular formula is C42H36N2S. The first-order chi connectivity index (χ1) is 23.1. The van der Waals surface area contributed by atoms with E-state index in [9.17, 15) is 0 Å². The van der Waals surface area contributed by atoms with Crippen LogP contribution in [0.4, 0.5) is 0 Å². The lowest BCUT2D eigenvalue weighted by Crippen LogP contribution is -2.09. The van der Waals surface area contributed by atoms with E-state index in [4.69, 9.17) is 9.10 Å². The minimum atomic E-state index is -2.26. The summed E-state index contributed by atoms with van der Waals surface area (Å²) in [7, 11) is 0. The van der Waals surface area contributed by atoms with Crippen LogP contribution in [0.2, 0.25) is 0 Å². The minimum Gasteiger partial charge on any atom is -0.292 e. The Morgan fingerprint density at radius 1 is 0.689 bits per heavy atom. The highest BCUT2D eigenvalue weighted by molar-refractivity contribution is 7.26. The molecule has 8 aromatic rings. The van der Waals surface area contributed by atoms with Crippen molar-refractivity contribution in [3.05, 3.63) is 132 Å². The number of thiophene rings is 1. The third kappa shape index (κ3) is 4.49. The molecule has 0 unspecified atom stereocenters. The fourth-order valence-corrected chi connectivity index (χ4v) is 8.06. The molecule has 220 valence electrons. The quantitative estimate of drug-likeness (QED) is 0.191. The van der Waals surface area contributed by atoms with Crippen molar-refractivity contribution >= 4 is 53.3 Å². The van der Waals surface area contributed by atoms with Crippen molar-refractivity contribution in [1.82, 2.24) is 9.55 Å². The van der Waals surface area contributed by atoms with Gasteiger partial charge in [-0.1, -0.05) is 100 Å². The third-order valence-electron chi connectivity index (χ3n) is 9.03. The SMILES string of the molecule is [2H]C([2H])([2H])c1ccc(-c2nc3ccccc3n2-c2c(C(C)C)cc(-c3ccccc3)cc2C(C)C)c2sc3cc4ccccc4cc3c12. The molecule has 0 aliphatic heterocycles. The second-order valence-corrected chi connectivity index (χ2v) is 13.7. The van der Waals surface area contributed by atoms with Gasteiger partial charge >= 0.3 is 0 Å². The van der Waals surface area contributed by atoms with Crippen molar-refractivity contribution in [2.45, 2.75) is 46.4 Å². The molecule has 0 fully saturated rings. The topological polar surface area (TPSA) is 17.8 Å². The largest absolute Gasteiger partial charge is 0.292 e. The summed E-state index contributed by atoms with van der Waals surface area (Å²) < 4.78 is 30.0. The van der Waals surface area contributed by atoms with Gasteiger partial charge in [0.05, 0.1) is 16.7 Å². The van der Waals surface area contributed by atoms with E-state index in [1.165, 1.54) is 22.3 Å². The molecule has 45 heavy (non-hydrogen) atoms. The summed E-state index contributed by atoms with van der Waals surface area (Å²) in [5, 5.41) is 4.01. The maximum absolute atomic E-state index is 8.53. The number of aromatic nitrogens is 2. The number of hydrogen-bond donors (Lipinski definition) is 0. The van der Waals surface area contributed by atoms with Crippen LogP contribution in [0.5, 0.6) is 0 Å². The normalized spacial score (nSPS) is 13.3. The van der Waals surface area contributed by atoms with Crippen molar-refractivity contribution in [1.29, 1.82) is 0 Å². The first kappa shape index (κ1) is 24.6. The van der Waals surface area contributed by atoms with Crippen LogP contribution in [0.1, 0.15) is 60.3 Å². The molecule has 3 heteroatoms. The number of para-hydroxylation sites is 2. The lowest BCUT2D eigenvalue weighted by molar-refractivity contribution is 0.812. The van der Waals surface area contributed by atoms with E-state index in [-0.39, 0.29) is 11.8 Å². The van der Waals surface area contributed by atoms with Crippen LogP contribution in [0.3, 0.4) is 0 Å². The molecule has 0 atom stereocenters. The van der Waals surface area contributed by atoms with Gasteiger partial charge in [0.25, 0.3) is 0 Å². The van der Waals surface area contributed by atoms with Gasteiger partial charge in [-0.15, -0.1) is 11.3 Å². The van der Waals surface area contributed by atoms with Crippen LogP contribution in [-0.2, 0) is 0 Å². The van der Waals surface area contributed by atoms with Crippen molar-refractivity contribution in [2.75, 3.05) is 0 Å². The first-order valence-electron chi connectivity index (χ1n) is 17.2. The zero-order chi connectivity index (χ0) is 33.3. The summed E-state index contributed by atoms with van der Waals surface area (Å²) in [5.41, 5.74) is 9.32. The minimum absolute atomic E-state index is 0.241. The maximum Gasteiger partial charge on any atom is 0.147 e. The molecule has 0 saturated carbocycles. The van der Waals surface area contributed by atoms with Crippen molar-refractivity contribution in [2.24, 2.45) is 0 Å². The third-order valence-corrected chi connectivity index (χ3v) is 10.2. The number of rotatable bonds is 5. The molecule has 0 aliphatic carbocycles. The highest BCUT2D eigenvalue weighted by atomic mass is 32.1. The zero-order valence-electron chi connectivity index (χ0n) is 28.9. The predicted molar refractivity (Wildman–Crippen MR) is 195 cm³/mol. The number of benzene rings is 6. The van der Waals surface area contributed by atoms with Crippen LogP contribution >= 0.6 is 11.3 Å². The molecule has 8 rings (SSSR count). The Hall–Kier alpha value is -4.73. The van der Waals surface area contributed by atoms with Gasteiger partial charge in [-0.3, -0.25) is 4.57 Å². The highest BCUT2D eigenvalue weighted by Crippen LogP contribution is 2.45. The van der Waals surface area contributed by atoms with Gasteiger partial charge in [-0.25, -0.2) is 4.98 Å². The van der Waals surface area contributed by atoms with Gasteiger partial charge in [-0.2, -0.15) is 0 Å². The van der Waals surface area contributed by atoms with Gasteiger partial charge in [0, 0.05) is 29.8 Å². The average Bonchev–Trinajstić information content (AvgIpc) is 3.64. The molecule has 2 nitrogen and oxygen atoms in total. The fraction of sp³-hybridized carbons (Fsp3) is 0.167. The second kappa shape index (κ2) is 10.7. The van der Waals surface area contributed by atoms with Gasteiger partial charge in [0.2, 0.25) is 0 Å². The number of nitrogens with zero attached hydrogens (tertiary/aromatic N) is 2. The van der Waals surface area contributed by atoms with Crippen LogP contribution in [-0.4, -0.2) is 9.55 Å². The molecule has 0 aliphatic rings. The molecular weight excluding hydrogens is 565 g/mol. The summed E-state index contributed by atoms with van der Waals surface area (Å²) in [5.74, 6) is 1.31. The lowest BCUT2D eigenvalue weighted by Gasteiger charge is -2.24. The molecule has 0 saturated heterocycles. The van der Waals surface area contributed by atoms with E-state index in [0.29, 0.717) is 5.56 Å². The fourth-order valence-electron chi connectivity index (χ4n) is 6.79.